The zero-order valence-corrected chi connectivity index (χ0v) is 18.0. The summed E-state index contributed by atoms with van der Waals surface area (Å²) in [6.07, 6.45) is 1.87. The van der Waals surface area contributed by atoms with E-state index in [1.54, 1.807) is 0 Å². The Kier molecular flexibility index (Phi) is 6.80. The van der Waals surface area contributed by atoms with Gasteiger partial charge in [0, 0.05) is 57.3 Å². The Morgan fingerprint density at radius 1 is 1.12 bits per heavy atom. The smallest absolute Gasteiger partial charge is 0.220 e. The highest BCUT2D eigenvalue weighted by molar-refractivity contribution is 5.76. The number of nitrogens with one attached hydrogen (secondary N) is 1. The number of nitrogens with zero attached hydrogens (tertiary/aromatic N) is 3. The molecular formula is C24H26F2N4O2. The van der Waals surface area contributed by atoms with Gasteiger partial charge in [0.2, 0.25) is 5.91 Å². The molecule has 1 amide bonds. The van der Waals surface area contributed by atoms with Crippen molar-refractivity contribution in [2.75, 3.05) is 38.1 Å². The number of rotatable bonds is 7. The molecule has 1 N–H and O–H groups in total. The fourth-order valence-electron chi connectivity index (χ4n) is 3.76. The van der Waals surface area contributed by atoms with Crippen molar-refractivity contribution in [1.82, 2.24) is 15.2 Å². The molecule has 0 saturated carbocycles. The second kappa shape index (κ2) is 9.91. The van der Waals surface area contributed by atoms with E-state index in [9.17, 15) is 13.6 Å². The van der Waals surface area contributed by atoms with Gasteiger partial charge in [-0.3, -0.25) is 4.79 Å². The minimum absolute atomic E-state index is 0.120. The van der Waals surface area contributed by atoms with E-state index in [4.69, 9.17) is 4.42 Å². The number of likely N-dealkylation sites (N-methyl/N-ethyl adjacent to an activating group) is 1. The van der Waals surface area contributed by atoms with Gasteiger partial charge >= 0.3 is 0 Å². The normalized spacial score (nSPS) is 14.5. The van der Waals surface area contributed by atoms with Crippen LogP contribution in [-0.2, 0) is 17.8 Å². The summed E-state index contributed by atoms with van der Waals surface area (Å²) in [4.78, 5) is 21.2. The first-order valence-electron chi connectivity index (χ1n) is 10.7. The largest absolute Gasteiger partial charge is 0.441 e. The number of piperazine rings is 1. The van der Waals surface area contributed by atoms with Gasteiger partial charge in [0.1, 0.15) is 11.6 Å². The Balaban J connectivity index is 1.31. The maximum absolute atomic E-state index is 13.9. The van der Waals surface area contributed by atoms with E-state index < -0.39 is 11.6 Å². The second-order valence-electron chi connectivity index (χ2n) is 7.94. The maximum Gasteiger partial charge on any atom is 0.220 e. The number of para-hydroxylation sites is 1. The summed E-state index contributed by atoms with van der Waals surface area (Å²) in [5.41, 5.74) is 2.37. The van der Waals surface area contributed by atoms with E-state index in [2.05, 4.69) is 33.2 Å². The van der Waals surface area contributed by atoms with Crippen LogP contribution in [0.2, 0.25) is 0 Å². The van der Waals surface area contributed by atoms with Crippen LogP contribution in [0.15, 0.2) is 53.1 Å². The number of halogens is 2. The molecule has 4 rings (SSSR count). The van der Waals surface area contributed by atoms with Crippen LogP contribution in [0.4, 0.5) is 14.5 Å². The lowest BCUT2D eigenvalue weighted by molar-refractivity contribution is -0.121. The van der Waals surface area contributed by atoms with Crippen LogP contribution in [0.5, 0.6) is 0 Å². The SMILES string of the molecule is CN1CCN(c2ccccc2CNC(=O)CCc2ncc(-c3ccc(F)cc3F)o2)CC1. The molecule has 0 aliphatic carbocycles. The van der Waals surface area contributed by atoms with E-state index in [1.807, 2.05) is 18.2 Å². The van der Waals surface area contributed by atoms with E-state index in [-0.39, 0.29) is 30.1 Å². The predicted octanol–water partition coefficient (Wildman–Crippen LogP) is 3.62. The zero-order chi connectivity index (χ0) is 22.5. The van der Waals surface area contributed by atoms with Crippen molar-refractivity contribution in [3.8, 4) is 11.3 Å². The molecule has 6 nitrogen and oxygen atoms in total. The molecule has 2 aromatic carbocycles. The average Bonchev–Trinajstić information content (AvgIpc) is 3.26. The standard InChI is InChI=1S/C24H26F2N4O2/c1-29-10-12-30(13-11-29)21-5-3-2-4-17(21)15-27-23(31)8-9-24-28-16-22(32-24)19-7-6-18(25)14-20(19)26/h2-7,14,16H,8-13,15H2,1H3,(H,27,31). The molecule has 1 aromatic heterocycles. The highest BCUT2D eigenvalue weighted by atomic mass is 19.1. The topological polar surface area (TPSA) is 61.6 Å². The first-order chi connectivity index (χ1) is 15.5. The van der Waals surface area contributed by atoms with Gasteiger partial charge in [-0.25, -0.2) is 13.8 Å². The highest BCUT2D eigenvalue weighted by Crippen LogP contribution is 2.25. The second-order valence-corrected chi connectivity index (χ2v) is 7.94. The van der Waals surface area contributed by atoms with Crippen molar-refractivity contribution in [2.45, 2.75) is 19.4 Å². The highest BCUT2D eigenvalue weighted by Gasteiger charge is 2.17. The molecule has 1 saturated heterocycles. The van der Waals surface area contributed by atoms with E-state index in [1.165, 1.54) is 12.3 Å². The molecular weight excluding hydrogens is 414 g/mol. The minimum Gasteiger partial charge on any atom is -0.441 e. The molecule has 0 bridgehead atoms. The lowest BCUT2D eigenvalue weighted by Gasteiger charge is -2.35. The molecule has 32 heavy (non-hydrogen) atoms. The summed E-state index contributed by atoms with van der Waals surface area (Å²) >= 11 is 0. The van der Waals surface area contributed by atoms with E-state index in [0.29, 0.717) is 12.4 Å². The maximum atomic E-state index is 13.9. The Bertz CT molecular complexity index is 1080. The molecule has 3 aromatic rings. The van der Waals surface area contributed by atoms with Crippen LogP contribution >= 0.6 is 0 Å². The minimum atomic E-state index is -0.718. The van der Waals surface area contributed by atoms with Crippen LogP contribution in [0.1, 0.15) is 17.9 Å². The number of hydrogen-bond donors (Lipinski definition) is 1. The van der Waals surface area contributed by atoms with Gasteiger partial charge in [-0.15, -0.1) is 0 Å². The number of aromatic nitrogens is 1. The van der Waals surface area contributed by atoms with Crippen molar-refractivity contribution < 1.29 is 18.0 Å². The lowest BCUT2D eigenvalue weighted by atomic mass is 10.1. The van der Waals surface area contributed by atoms with Crippen LogP contribution in [0.25, 0.3) is 11.3 Å². The van der Waals surface area contributed by atoms with Crippen molar-refractivity contribution >= 4 is 11.6 Å². The third kappa shape index (κ3) is 5.31. The number of oxazole rings is 1. The van der Waals surface area contributed by atoms with Gasteiger partial charge in [0.15, 0.2) is 11.7 Å². The molecule has 1 fully saturated rings. The first-order valence-corrected chi connectivity index (χ1v) is 10.7. The van der Waals surface area contributed by atoms with Gasteiger partial charge in [-0.1, -0.05) is 18.2 Å². The predicted molar refractivity (Wildman–Crippen MR) is 118 cm³/mol. The zero-order valence-electron chi connectivity index (χ0n) is 18.0. The number of anilines is 1. The summed E-state index contributed by atoms with van der Waals surface area (Å²) in [5, 5.41) is 2.96. The molecule has 0 spiro atoms. The van der Waals surface area contributed by atoms with Crippen LogP contribution in [-0.4, -0.2) is 49.0 Å². The Morgan fingerprint density at radius 2 is 1.91 bits per heavy atom. The lowest BCUT2D eigenvalue weighted by Crippen LogP contribution is -2.45. The Morgan fingerprint density at radius 3 is 2.69 bits per heavy atom. The van der Waals surface area contributed by atoms with Crippen LogP contribution < -0.4 is 10.2 Å². The summed E-state index contributed by atoms with van der Waals surface area (Å²) in [6, 6.07) is 11.4. The first kappa shape index (κ1) is 22.0. The summed E-state index contributed by atoms with van der Waals surface area (Å²) < 4.78 is 32.5. The quantitative estimate of drug-likeness (QED) is 0.608. The van der Waals surface area contributed by atoms with Gasteiger partial charge in [0.25, 0.3) is 0 Å². The van der Waals surface area contributed by atoms with Crippen LogP contribution in [0, 0.1) is 11.6 Å². The van der Waals surface area contributed by atoms with Gasteiger partial charge in [0.05, 0.1) is 11.8 Å². The Hall–Kier alpha value is -3.26. The van der Waals surface area contributed by atoms with Crippen LogP contribution in [0.3, 0.4) is 0 Å². The van der Waals surface area contributed by atoms with Gasteiger partial charge in [-0.2, -0.15) is 0 Å². The average molecular weight is 440 g/mol. The molecule has 1 aliphatic rings. The number of carbonyl (C=O) groups excluding carboxylic acids is 1. The third-order valence-corrected chi connectivity index (χ3v) is 5.63. The number of carbonyl (C=O) groups is 1. The Labute approximate surface area is 185 Å². The number of aryl methyl sites for hydroxylation is 1. The third-order valence-electron chi connectivity index (χ3n) is 5.63. The number of benzene rings is 2. The monoisotopic (exact) mass is 440 g/mol. The van der Waals surface area contributed by atoms with Crippen molar-refractivity contribution in [1.29, 1.82) is 0 Å². The number of amides is 1. The molecule has 8 heteroatoms. The molecule has 2 heterocycles. The van der Waals surface area contributed by atoms with Crippen molar-refractivity contribution in [3.63, 3.8) is 0 Å². The summed E-state index contributed by atoms with van der Waals surface area (Å²) in [5.74, 6) is -0.956. The molecule has 0 radical (unpaired) electrons. The van der Waals surface area contributed by atoms with Crippen molar-refractivity contribution in [3.05, 3.63) is 71.8 Å². The van der Waals surface area contributed by atoms with E-state index in [0.717, 1.165) is 49.6 Å². The summed E-state index contributed by atoms with van der Waals surface area (Å²) in [6.45, 7) is 4.39. The van der Waals surface area contributed by atoms with E-state index >= 15 is 0 Å². The van der Waals surface area contributed by atoms with Gasteiger partial charge in [-0.05, 0) is 30.8 Å². The molecule has 0 atom stereocenters. The fraction of sp³-hybridized carbons (Fsp3) is 0.333. The van der Waals surface area contributed by atoms with Crippen molar-refractivity contribution in [2.24, 2.45) is 0 Å². The molecule has 168 valence electrons. The number of hydrogen-bond acceptors (Lipinski definition) is 5. The molecule has 0 unspecified atom stereocenters. The fourth-order valence-corrected chi connectivity index (χ4v) is 3.76. The molecule has 1 aliphatic heterocycles. The summed E-state index contributed by atoms with van der Waals surface area (Å²) in [7, 11) is 2.12. The van der Waals surface area contributed by atoms with Gasteiger partial charge < -0.3 is 19.5 Å².